The van der Waals surface area contributed by atoms with Crippen molar-refractivity contribution in [1.29, 1.82) is 0 Å². The van der Waals surface area contributed by atoms with Crippen molar-refractivity contribution >= 4 is 17.3 Å². The monoisotopic (exact) mass is 314 g/mol. The summed E-state index contributed by atoms with van der Waals surface area (Å²) in [6.45, 7) is 3.74. The Morgan fingerprint density at radius 2 is 1.76 bits per heavy atom. The predicted octanol–water partition coefficient (Wildman–Crippen LogP) is 5.24. The van der Waals surface area contributed by atoms with Gasteiger partial charge in [0.25, 0.3) is 0 Å². The van der Waals surface area contributed by atoms with Crippen LogP contribution in [0, 0.1) is 6.92 Å². The first kappa shape index (κ1) is 15.6. The molecule has 0 aliphatic carbocycles. The maximum Gasteiger partial charge on any atom is 0.416 e. The summed E-state index contributed by atoms with van der Waals surface area (Å²) in [5.74, 6) is 0. The van der Waals surface area contributed by atoms with Gasteiger partial charge in [-0.05, 0) is 43.2 Å². The molecule has 1 atom stereocenters. The molecule has 0 fully saturated rings. The molecule has 0 spiro atoms. The van der Waals surface area contributed by atoms with Crippen molar-refractivity contribution in [2.45, 2.75) is 26.1 Å². The molecular formula is C15H14ClF3N2. The number of aromatic nitrogens is 1. The molecule has 0 radical (unpaired) electrons. The summed E-state index contributed by atoms with van der Waals surface area (Å²) in [6.07, 6.45) is -2.72. The van der Waals surface area contributed by atoms with E-state index in [0.29, 0.717) is 10.8 Å². The van der Waals surface area contributed by atoms with Crippen LogP contribution in [0.25, 0.3) is 0 Å². The molecule has 0 saturated heterocycles. The highest BCUT2D eigenvalue weighted by molar-refractivity contribution is 6.32. The SMILES string of the molecule is Cc1ccnc(Cl)c1NC(C)c1ccc(C(F)(F)F)cc1. The van der Waals surface area contributed by atoms with E-state index in [1.54, 1.807) is 6.20 Å². The molecule has 2 rings (SSSR count). The fourth-order valence-corrected chi connectivity index (χ4v) is 2.22. The molecule has 21 heavy (non-hydrogen) atoms. The van der Waals surface area contributed by atoms with Crippen molar-refractivity contribution in [2.75, 3.05) is 5.32 Å². The highest BCUT2D eigenvalue weighted by Crippen LogP contribution is 2.31. The van der Waals surface area contributed by atoms with Gasteiger partial charge in [0.15, 0.2) is 5.15 Å². The molecule has 2 aromatic rings. The maximum atomic E-state index is 12.5. The number of pyridine rings is 1. The fourth-order valence-electron chi connectivity index (χ4n) is 1.96. The van der Waals surface area contributed by atoms with Gasteiger partial charge in [0.2, 0.25) is 0 Å². The smallest absolute Gasteiger partial charge is 0.376 e. The fraction of sp³-hybridized carbons (Fsp3) is 0.267. The Labute approximate surface area is 126 Å². The highest BCUT2D eigenvalue weighted by Gasteiger charge is 2.30. The molecule has 0 amide bonds. The number of rotatable bonds is 3. The van der Waals surface area contributed by atoms with Gasteiger partial charge in [-0.15, -0.1) is 0 Å². The lowest BCUT2D eigenvalue weighted by Crippen LogP contribution is -2.10. The Morgan fingerprint density at radius 3 is 2.29 bits per heavy atom. The van der Waals surface area contributed by atoms with Crippen molar-refractivity contribution in [2.24, 2.45) is 0 Å². The lowest BCUT2D eigenvalue weighted by Gasteiger charge is -2.18. The summed E-state index contributed by atoms with van der Waals surface area (Å²) in [5.41, 5.74) is 1.69. The van der Waals surface area contributed by atoms with Crippen LogP contribution in [0.4, 0.5) is 18.9 Å². The van der Waals surface area contributed by atoms with E-state index in [4.69, 9.17) is 11.6 Å². The van der Waals surface area contributed by atoms with Gasteiger partial charge in [0.05, 0.1) is 11.3 Å². The molecule has 1 unspecified atom stereocenters. The molecule has 0 aliphatic rings. The Hall–Kier alpha value is -1.75. The summed E-state index contributed by atoms with van der Waals surface area (Å²) in [6, 6.07) is 6.69. The van der Waals surface area contributed by atoms with Crippen molar-refractivity contribution < 1.29 is 13.2 Å². The van der Waals surface area contributed by atoms with Gasteiger partial charge in [0, 0.05) is 12.2 Å². The third-order valence-electron chi connectivity index (χ3n) is 3.21. The topological polar surface area (TPSA) is 24.9 Å². The first-order valence-corrected chi connectivity index (χ1v) is 6.71. The van der Waals surface area contributed by atoms with Gasteiger partial charge < -0.3 is 5.32 Å². The summed E-state index contributed by atoms with van der Waals surface area (Å²) < 4.78 is 37.6. The van der Waals surface area contributed by atoms with Crippen LogP contribution in [0.5, 0.6) is 0 Å². The Bertz CT molecular complexity index is 604. The number of aryl methyl sites for hydroxylation is 1. The molecule has 1 aromatic carbocycles. The van der Waals surface area contributed by atoms with E-state index in [0.717, 1.165) is 23.3 Å². The second-order valence-corrected chi connectivity index (χ2v) is 5.14. The molecule has 1 N–H and O–H groups in total. The van der Waals surface area contributed by atoms with Gasteiger partial charge >= 0.3 is 6.18 Å². The average Bonchev–Trinajstić information content (AvgIpc) is 2.42. The van der Waals surface area contributed by atoms with E-state index < -0.39 is 11.7 Å². The van der Waals surface area contributed by atoms with Gasteiger partial charge in [-0.25, -0.2) is 4.98 Å². The second-order valence-electron chi connectivity index (χ2n) is 4.78. The van der Waals surface area contributed by atoms with Crippen LogP contribution in [0.2, 0.25) is 5.15 Å². The third-order valence-corrected chi connectivity index (χ3v) is 3.50. The van der Waals surface area contributed by atoms with Crippen LogP contribution in [-0.4, -0.2) is 4.98 Å². The number of nitrogens with one attached hydrogen (secondary N) is 1. The van der Waals surface area contributed by atoms with E-state index in [9.17, 15) is 13.2 Å². The number of hydrogen-bond acceptors (Lipinski definition) is 2. The number of alkyl halides is 3. The summed E-state index contributed by atoms with van der Waals surface area (Å²) in [5, 5.41) is 3.52. The Morgan fingerprint density at radius 1 is 1.14 bits per heavy atom. The summed E-state index contributed by atoms with van der Waals surface area (Å²) in [7, 11) is 0. The Balaban J connectivity index is 2.19. The van der Waals surface area contributed by atoms with Gasteiger partial charge in [-0.1, -0.05) is 23.7 Å². The molecule has 0 bridgehead atoms. The minimum absolute atomic E-state index is 0.187. The first-order valence-electron chi connectivity index (χ1n) is 6.34. The molecule has 2 nitrogen and oxygen atoms in total. The Kier molecular flexibility index (Phi) is 4.42. The number of benzene rings is 1. The molecule has 0 saturated carbocycles. The zero-order chi connectivity index (χ0) is 15.6. The van der Waals surface area contributed by atoms with Crippen LogP contribution in [0.3, 0.4) is 0 Å². The minimum Gasteiger partial charge on any atom is -0.376 e. The van der Waals surface area contributed by atoms with E-state index in [-0.39, 0.29) is 6.04 Å². The predicted molar refractivity (Wildman–Crippen MR) is 77.5 cm³/mol. The molecule has 1 heterocycles. The molecule has 6 heteroatoms. The van der Waals surface area contributed by atoms with Crippen LogP contribution in [0.15, 0.2) is 36.5 Å². The van der Waals surface area contributed by atoms with Crippen molar-refractivity contribution in [3.8, 4) is 0 Å². The van der Waals surface area contributed by atoms with Gasteiger partial charge in [-0.3, -0.25) is 0 Å². The number of nitrogens with zero attached hydrogens (tertiary/aromatic N) is 1. The molecular weight excluding hydrogens is 301 g/mol. The standard InChI is InChI=1S/C15H14ClF3N2/c1-9-7-8-20-14(16)13(9)21-10(2)11-3-5-12(6-4-11)15(17,18)19/h3-8,10,21H,1-2H3. The van der Waals surface area contributed by atoms with Crippen LogP contribution in [-0.2, 0) is 6.18 Å². The van der Waals surface area contributed by atoms with Gasteiger partial charge in [0.1, 0.15) is 0 Å². The van der Waals surface area contributed by atoms with E-state index in [1.807, 2.05) is 19.9 Å². The van der Waals surface area contributed by atoms with Crippen molar-refractivity contribution in [1.82, 2.24) is 4.98 Å². The molecule has 112 valence electrons. The van der Waals surface area contributed by atoms with Crippen molar-refractivity contribution in [3.63, 3.8) is 0 Å². The quantitative estimate of drug-likeness (QED) is 0.784. The number of hydrogen-bond donors (Lipinski definition) is 1. The first-order chi connectivity index (χ1) is 9.79. The van der Waals surface area contributed by atoms with Gasteiger partial charge in [-0.2, -0.15) is 13.2 Å². The highest BCUT2D eigenvalue weighted by atomic mass is 35.5. The number of anilines is 1. The average molecular weight is 315 g/mol. The second kappa shape index (κ2) is 5.93. The van der Waals surface area contributed by atoms with Crippen molar-refractivity contribution in [3.05, 3.63) is 58.4 Å². The number of halogens is 4. The normalized spacial score (nSPS) is 13.0. The van der Waals surface area contributed by atoms with Crippen LogP contribution >= 0.6 is 11.6 Å². The minimum atomic E-state index is -4.32. The van der Waals surface area contributed by atoms with E-state index in [2.05, 4.69) is 10.3 Å². The molecule has 1 aromatic heterocycles. The summed E-state index contributed by atoms with van der Waals surface area (Å²) in [4.78, 5) is 3.99. The lowest BCUT2D eigenvalue weighted by molar-refractivity contribution is -0.137. The maximum absolute atomic E-state index is 12.5. The van der Waals surface area contributed by atoms with E-state index in [1.165, 1.54) is 12.1 Å². The molecule has 0 aliphatic heterocycles. The van der Waals surface area contributed by atoms with E-state index >= 15 is 0 Å². The summed E-state index contributed by atoms with van der Waals surface area (Å²) >= 11 is 6.02. The lowest BCUT2D eigenvalue weighted by atomic mass is 10.1. The van der Waals surface area contributed by atoms with Crippen LogP contribution < -0.4 is 5.32 Å². The third kappa shape index (κ3) is 3.67. The van der Waals surface area contributed by atoms with Crippen LogP contribution in [0.1, 0.15) is 29.7 Å². The largest absolute Gasteiger partial charge is 0.416 e. The zero-order valence-corrected chi connectivity index (χ0v) is 12.3. The zero-order valence-electron chi connectivity index (χ0n) is 11.5.